The van der Waals surface area contributed by atoms with E-state index in [0.717, 1.165) is 22.8 Å². The van der Waals surface area contributed by atoms with Crippen LogP contribution in [0.5, 0.6) is 0 Å². The zero-order valence-electron chi connectivity index (χ0n) is 18.3. The third-order valence-electron chi connectivity index (χ3n) is 5.86. The van der Waals surface area contributed by atoms with Crippen molar-refractivity contribution in [3.05, 3.63) is 113 Å². The number of halogens is 1. The lowest BCUT2D eigenvalue weighted by Crippen LogP contribution is -2.30. The minimum Gasteiger partial charge on any atom is -0.465 e. The van der Waals surface area contributed by atoms with E-state index in [2.05, 4.69) is 15.2 Å². The Bertz CT molecular complexity index is 1340. The van der Waals surface area contributed by atoms with Crippen LogP contribution in [0.3, 0.4) is 0 Å². The Labute approximate surface area is 207 Å². The number of carbonyl (C=O) groups excluding carboxylic acids is 1. The maximum absolute atomic E-state index is 12.5. The number of benzene rings is 2. The molecular weight excluding hydrogens is 468 g/mol. The number of esters is 1. The highest BCUT2D eigenvalue weighted by atomic mass is 35.5. The largest absolute Gasteiger partial charge is 0.465 e. The Morgan fingerprint density at radius 3 is 2.53 bits per heavy atom. The molecule has 2 aromatic heterocycles. The lowest BCUT2D eigenvalue weighted by atomic mass is 10.0. The highest BCUT2D eigenvalue weighted by Crippen LogP contribution is 2.42. The topological polar surface area (TPSA) is 59.4 Å². The van der Waals surface area contributed by atoms with Crippen LogP contribution in [-0.4, -0.2) is 27.7 Å². The molecule has 5 rings (SSSR count). The summed E-state index contributed by atoms with van der Waals surface area (Å²) >= 11 is 12.0. The molecule has 0 radical (unpaired) electrons. The number of rotatable bonds is 5. The molecule has 1 fully saturated rings. The molecule has 2 aromatic carbocycles. The van der Waals surface area contributed by atoms with Crippen molar-refractivity contribution in [2.24, 2.45) is 0 Å². The second-order valence-corrected chi connectivity index (χ2v) is 8.61. The van der Waals surface area contributed by atoms with Crippen molar-refractivity contribution in [2.75, 3.05) is 12.0 Å². The molecule has 170 valence electrons. The number of aromatic nitrogens is 2. The van der Waals surface area contributed by atoms with E-state index >= 15 is 0 Å². The van der Waals surface area contributed by atoms with Crippen LogP contribution in [0.25, 0.3) is 5.69 Å². The minimum atomic E-state index is -0.397. The fourth-order valence-corrected chi connectivity index (χ4v) is 4.83. The summed E-state index contributed by atoms with van der Waals surface area (Å²) in [5.41, 5.74) is 3.90. The van der Waals surface area contributed by atoms with Crippen molar-refractivity contribution in [2.45, 2.75) is 12.1 Å². The van der Waals surface area contributed by atoms with Gasteiger partial charge >= 0.3 is 5.97 Å². The van der Waals surface area contributed by atoms with Crippen molar-refractivity contribution in [1.82, 2.24) is 14.9 Å². The summed E-state index contributed by atoms with van der Waals surface area (Å²) in [7, 11) is 1.38. The second-order valence-electron chi connectivity index (χ2n) is 7.78. The predicted octanol–water partition coefficient (Wildman–Crippen LogP) is 5.49. The lowest BCUT2D eigenvalue weighted by Gasteiger charge is -2.29. The molecule has 4 aromatic rings. The van der Waals surface area contributed by atoms with Crippen molar-refractivity contribution in [3.8, 4) is 5.69 Å². The summed E-state index contributed by atoms with van der Waals surface area (Å²) in [6.07, 6.45) is 3.71. The van der Waals surface area contributed by atoms with Crippen molar-refractivity contribution in [1.29, 1.82) is 0 Å². The molecule has 1 N–H and O–H groups in total. The van der Waals surface area contributed by atoms with Crippen LogP contribution in [-0.2, 0) is 4.74 Å². The fraction of sp³-hybridized carbons (Fsp3) is 0.115. The molecule has 0 spiro atoms. The SMILES string of the molecule is COC(=O)c1ccccc1-n1cccc1[C@@H]1[C@H](c2ccccn2)NC(=S)N1c1ccc(Cl)cc1. The summed E-state index contributed by atoms with van der Waals surface area (Å²) in [4.78, 5) is 19.2. The maximum Gasteiger partial charge on any atom is 0.339 e. The first kappa shape index (κ1) is 22.1. The van der Waals surface area contributed by atoms with Crippen molar-refractivity contribution >= 4 is 40.6 Å². The molecule has 2 atom stereocenters. The molecule has 3 heterocycles. The summed E-state index contributed by atoms with van der Waals surface area (Å²) in [5.74, 6) is -0.397. The molecule has 1 aliphatic rings. The first-order valence-electron chi connectivity index (χ1n) is 10.7. The number of thiocarbonyl (C=S) groups is 1. The van der Waals surface area contributed by atoms with Gasteiger partial charge in [0, 0.05) is 28.8 Å². The van der Waals surface area contributed by atoms with Gasteiger partial charge in [-0.25, -0.2) is 4.79 Å². The van der Waals surface area contributed by atoms with E-state index in [1.165, 1.54) is 7.11 Å². The number of methoxy groups -OCH3 is 1. The molecule has 34 heavy (non-hydrogen) atoms. The molecule has 1 saturated heterocycles. The average Bonchev–Trinajstić information content (AvgIpc) is 3.49. The Morgan fingerprint density at radius 2 is 1.79 bits per heavy atom. The Kier molecular flexibility index (Phi) is 6.04. The van der Waals surface area contributed by atoms with Gasteiger partial charge in [-0.3, -0.25) is 4.98 Å². The number of nitrogens with zero attached hydrogens (tertiary/aromatic N) is 3. The lowest BCUT2D eigenvalue weighted by molar-refractivity contribution is 0.0600. The average molecular weight is 489 g/mol. The van der Waals surface area contributed by atoms with Crippen molar-refractivity contribution < 1.29 is 9.53 Å². The molecule has 6 nitrogen and oxygen atoms in total. The number of ether oxygens (including phenoxy) is 1. The van der Waals surface area contributed by atoms with E-state index in [9.17, 15) is 4.79 Å². The molecule has 0 amide bonds. The quantitative estimate of drug-likeness (QED) is 0.296. The highest BCUT2D eigenvalue weighted by Gasteiger charge is 2.42. The van der Waals surface area contributed by atoms with Gasteiger partial charge in [0.25, 0.3) is 0 Å². The van der Waals surface area contributed by atoms with E-state index < -0.39 is 5.97 Å². The number of nitrogens with one attached hydrogen (secondary N) is 1. The van der Waals surface area contributed by atoms with Gasteiger partial charge in [0.05, 0.1) is 30.1 Å². The number of hydrogen-bond donors (Lipinski definition) is 1. The zero-order valence-corrected chi connectivity index (χ0v) is 19.8. The van der Waals surface area contributed by atoms with Gasteiger partial charge in [-0.1, -0.05) is 29.8 Å². The van der Waals surface area contributed by atoms with Gasteiger partial charge in [0.1, 0.15) is 6.04 Å². The van der Waals surface area contributed by atoms with E-state index in [-0.39, 0.29) is 12.1 Å². The van der Waals surface area contributed by atoms with Crippen LogP contribution in [0.1, 0.15) is 33.8 Å². The van der Waals surface area contributed by atoms with Gasteiger partial charge in [-0.15, -0.1) is 0 Å². The Balaban J connectivity index is 1.69. The summed E-state index contributed by atoms with van der Waals surface area (Å²) < 4.78 is 7.04. The molecule has 0 aliphatic carbocycles. The van der Waals surface area contributed by atoms with Crippen LogP contribution in [0.15, 0.2) is 91.3 Å². The monoisotopic (exact) mass is 488 g/mol. The Morgan fingerprint density at radius 1 is 1.03 bits per heavy atom. The van der Waals surface area contributed by atoms with Crippen LogP contribution in [0, 0.1) is 0 Å². The van der Waals surface area contributed by atoms with Crippen molar-refractivity contribution in [3.63, 3.8) is 0 Å². The number of pyridine rings is 1. The van der Waals surface area contributed by atoms with Crippen LogP contribution >= 0.6 is 23.8 Å². The van der Waals surface area contributed by atoms with Gasteiger partial charge in [0.15, 0.2) is 5.11 Å². The normalized spacial score (nSPS) is 17.5. The molecule has 0 saturated carbocycles. The fourth-order valence-electron chi connectivity index (χ4n) is 4.36. The van der Waals surface area contributed by atoms with Crippen LogP contribution < -0.4 is 10.2 Å². The molecule has 8 heteroatoms. The van der Waals surface area contributed by atoms with E-state index in [4.69, 9.17) is 28.6 Å². The maximum atomic E-state index is 12.5. The third kappa shape index (κ3) is 3.93. The van der Waals surface area contributed by atoms with Gasteiger partial charge in [-0.05, 0) is 72.9 Å². The number of anilines is 1. The minimum absolute atomic E-state index is 0.219. The molecule has 0 unspecified atom stereocenters. The first-order chi connectivity index (χ1) is 16.6. The highest BCUT2D eigenvalue weighted by molar-refractivity contribution is 7.80. The van der Waals surface area contributed by atoms with Crippen LogP contribution in [0.4, 0.5) is 5.69 Å². The predicted molar refractivity (Wildman–Crippen MR) is 136 cm³/mol. The summed E-state index contributed by atoms with van der Waals surface area (Å²) in [6, 6.07) is 24.3. The first-order valence-corrected chi connectivity index (χ1v) is 11.5. The molecular formula is C26H21ClN4O2S. The van der Waals surface area contributed by atoms with Crippen LogP contribution in [0.2, 0.25) is 5.02 Å². The van der Waals surface area contributed by atoms with Gasteiger partial charge in [-0.2, -0.15) is 0 Å². The standard InChI is InChI=1S/C26H21ClN4O2S/c1-33-25(32)19-7-2-3-9-21(19)30-16-6-10-22(30)24-23(20-8-4-5-15-28-20)29-26(34)31(24)18-13-11-17(27)12-14-18/h2-16,23-24H,1H3,(H,29,34)/t23-,24+/m0/s1. The molecule has 1 aliphatic heterocycles. The Hall–Kier alpha value is -3.68. The zero-order chi connectivity index (χ0) is 23.7. The van der Waals surface area contributed by atoms with Gasteiger partial charge < -0.3 is 19.5 Å². The van der Waals surface area contributed by atoms with E-state index in [1.54, 1.807) is 12.3 Å². The number of para-hydroxylation sites is 1. The summed E-state index contributed by atoms with van der Waals surface area (Å²) in [6.45, 7) is 0. The second kappa shape index (κ2) is 9.29. The number of carbonyl (C=O) groups is 1. The summed E-state index contributed by atoms with van der Waals surface area (Å²) in [5, 5.41) is 4.68. The molecule has 0 bridgehead atoms. The van der Waals surface area contributed by atoms with E-state index in [0.29, 0.717) is 15.7 Å². The van der Waals surface area contributed by atoms with E-state index in [1.807, 2.05) is 83.6 Å². The third-order valence-corrected chi connectivity index (χ3v) is 6.42. The van der Waals surface area contributed by atoms with Gasteiger partial charge in [0.2, 0.25) is 0 Å². The smallest absolute Gasteiger partial charge is 0.339 e. The number of hydrogen-bond acceptors (Lipinski definition) is 4.